The Morgan fingerprint density at radius 2 is 2.22 bits per heavy atom. The monoisotopic (exact) mass is 336 g/mol. The Bertz CT molecular complexity index is 676. The second-order valence-electron chi connectivity index (χ2n) is 5.77. The first-order chi connectivity index (χ1) is 11.1. The van der Waals surface area contributed by atoms with Crippen molar-refractivity contribution in [3.05, 3.63) is 29.3 Å². The zero-order valence-electron chi connectivity index (χ0n) is 13.3. The topological polar surface area (TPSA) is 82.1 Å². The summed E-state index contributed by atoms with van der Waals surface area (Å²) in [6.45, 7) is 5.03. The molecule has 0 saturated carbocycles. The van der Waals surface area contributed by atoms with Crippen LogP contribution in [0.4, 0.5) is 11.6 Å². The Balaban J connectivity index is 1.86. The van der Waals surface area contributed by atoms with Crippen LogP contribution in [0, 0.1) is 5.92 Å². The van der Waals surface area contributed by atoms with Crippen LogP contribution in [0.5, 0.6) is 0 Å². The summed E-state index contributed by atoms with van der Waals surface area (Å²) >= 11 is 6.28. The van der Waals surface area contributed by atoms with Crippen molar-refractivity contribution in [1.82, 2.24) is 19.7 Å². The van der Waals surface area contributed by atoms with Gasteiger partial charge < -0.3 is 15.4 Å². The molecule has 1 fully saturated rings. The molecule has 2 atom stereocenters. The second kappa shape index (κ2) is 6.72. The number of nitrogen functional groups attached to an aromatic ring is 1. The van der Waals surface area contributed by atoms with Crippen molar-refractivity contribution >= 4 is 23.2 Å². The van der Waals surface area contributed by atoms with Crippen LogP contribution in [0.25, 0.3) is 0 Å². The fraction of sp³-hybridized carbons (Fsp3) is 0.533. The van der Waals surface area contributed by atoms with Crippen LogP contribution in [0.3, 0.4) is 0 Å². The van der Waals surface area contributed by atoms with Crippen LogP contribution < -0.4 is 10.6 Å². The van der Waals surface area contributed by atoms with Gasteiger partial charge in [0.2, 0.25) is 0 Å². The molecule has 0 radical (unpaired) electrons. The van der Waals surface area contributed by atoms with E-state index in [1.54, 1.807) is 0 Å². The molecule has 2 aromatic rings. The van der Waals surface area contributed by atoms with E-state index in [1.165, 1.54) is 11.9 Å². The minimum atomic E-state index is 0.308. The third kappa shape index (κ3) is 3.25. The molecule has 8 heteroatoms. The van der Waals surface area contributed by atoms with Gasteiger partial charge in [-0.25, -0.2) is 9.97 Å². The Labute approximate surface area is 140 Å². The molecule has 1 aliphatic rings. The predicted octanol–water partition coefficient (Wildman–Crippen LogP) is 1.70. The molecule has 124 valence electrons. The second-order valence-corrected chi connectivity index (χ2v) is 6.15. The van der Waals surface area contributed by atoms with Gasteiger partial charge in [0.15, 0.2) is 5.82 Å². The molecule has 1 aliphatic heterocycles. The van der Waals surface area contributed by atoms with Crippen LogP contribution in [0.15, 0.2) is 18.7 Å². The fourth-order valence-electron chi connectivity index (χ4n) is 3.09. The number of nitrogens with two attached hydrogens (primary N) is 1. The number of rotatable bonds is 5. The molecule has 0 spiro atoms. The van der Waals surface area contributed by atoms with Crippen molar-refractivity contribution in [2.75, 3.05) is 36.9 Å². The molecular weight excluding hydrogens is 316 g/mol. The van der Waals surface area contributed by atoms with Crippen molar-refractivity contribution in [3.8, 4) is 0 Å². The van der Waals surface area contributed by atoms with Crippen molar-refractivity contribution in [2.45, 2.75) is 12.8 Å². The molecule has 3 heterocycles. The van der Waals surface area contributed by atoms with E-state index in [4.69, 9.17) is 22.1 Å². The number of halogens is 1. The number of aromatic nitrogens is 4. The Morgan fingerprint density at radius 3 is 2.91 bits per heavy atom. The van der Waals surface area contributed by atoms with E-state index in [0.717, 1.165) is 13.1 Å². The third-order valence-electron chi connectivity index (χ3n) is 4.23. The molecule has 0 bridgehead atoms. The van der Waals surface area contributed by atoms with Gasteiger partial charge in [-0.15, -0.1) is 0 Å². The van der Waals surface area contributed by atoms with Gasteiger partial charge in [0.25, 0.3) is 0 Å². The Kier molecular flexibility index (Phi) is 4.68. The van der Waals surface area contributed by atoms with Gasteiger partial charge in [-0.1, -0.05) is 11.6 Å². The summed E-state index contributed by atoms with van der Waals surface area (Å²) in [5.41, 5.74) is 7.01. The minimum Gasteiger partial charge on any atom is -0.382 e. The van der Waals surface area contributed by atoms with E-state index in [-0.39, 0.29) is 0 Å². The molecule has 0 aliphatic carbocycles. The standard InChI is InChI=1S/C15H21ClN6O/c1-3-23-8-11-6-22(15-13(16)14(17)18-9-19-15)7-12(11)10-4-20-21(2)5-10/h4-5,9,11-12H,3,6-8H2,1-2H3,(H2,17,18,19)/t11-,12-/m0/s1. The quantitative estimate of drug-likeness (QED) is 0.895. The van der Waals surface area contributed by atoms with Crippen LogP contribution >= 0.6 is 11.6 Å². The molecule has 0 unspecified atom stereocenters. The number of hydrogen-bond donors (Lipinski definition) is 1. The van der Waals surface area contributed by atoms with E-state index in [1.807, 2.05) is 24.9 Å². The van der Waals surface area contributed by atoms with Crippen LogP contribution in [0.1, 0.15) is 18.4 Å². The third-order valence-corrected chi connectivity index (χ3v) is 4.59. The number of hydrogen-bond acceptors (Lipinski definition) is 6. The van der Waals surface area contributed by atoms with Gasteiger partial charge >= 0.3 is 0 Å². The number of aryl methyl sites for hydroxylation is 1. The van der Waals surface area contributed by atoms with Gasteiger partial charge in [-0.05, 0) is 12.5 Å². The zero-order valence-corrected chi connectivity index (χ0v) is 14.1. The summed E-state index contributed by atoms with van der Waals surface area (Å²) < 4.78 is 7.49. The molecule has 1 saturated heterocycles. The SMILES string of the molecule is CCOC[C@@H]1CN(c2ncnc(N)c2Cl)C[C@H]1c1cnn(C)c1. The number of nitrogens with zero attached hydrogens (tertiary/aromatic N) is 5. The molecule has 0 aromatic carbocycles. The van der Waals surface area contributed by atoms with E-state index >= 15 is 0 Å². The highest BCUT2D eigenvalue weighted by atomic mass is 35.5. The summed E-state index contributed by atoms with van der Waals surface area (Å²) in [6, 6.07) is 0. The maximum Gasteiger partial charge on any atom is 0.153 e. The fourth-order valence-corrected chi connectivity index (χ4v) is 3.30. The number of anilines is 2. The molecule has 3 rings (SSSR count). The van der Waals surface area contributed by atoms with Crippen molar-refractivity contribution in [1.29, 1.82) is 0 Å². The summed E-state index contributed by atoms with van der Waals surface area (Å²) in [7, 11) is 1.93. The van der Waals surface area contributed by atoms with Crippen LogP contribution in [-0.4, -0.2) is 46.1 Å². The summed E-state index contributed by atoms with van der Waals surface area (Å²) in [5.74, 6) is 1.67. The van der Waals surface area contributed by atoms with Crippen LogP contribution in [0.2, 0.25) is 5.02 Å². The highest BCUT2D eigenvalue weighted by molar-refractivity contribution is 6.35. The van der Waals surface area contributed by atoms with E-state index < -0.39 is 0 Å². The van der Waals surface area contributed by atoms with Crippen molar-refractivity contribution in [2.24, 2.45) is 13.0 Å². The van der Waals surface area contributed by atoms with E-state index in [0.29, 0.717) is 41.7 Å². The Hall–Kier alpha value is -1.86. The lowest BCUT2D eigenvalue weighted by atomic mass is 9.92. The maximum absolute atomic E-state index is 6.28. The van der Waals surface area contributed by atoms with Gasteiger partial charge in [0.1, 0.15) is 17.2 Å². The molecule has 2 aromatic heterocycles. The average molecular weight is 337 g/mol. The molecule has 7 nitrogen and oxygen atoms in total. The zero-order chi connectivity index (χ0) is 16.4. The lowest BCUT2D eigenvalue weighted by molar-refractivity contribution is 0.111. The van der Waals surface area contributed by atoms with Gasteiger partial charge in [0, 0.05) is 44.8 Å². The van der Waals surface area contributed by atoms with Gasteiger partial charge in [0.05, 0.1) is 12.8 Å². The highest BCUT2D eigenvalue weighted by Crippen LogP contribution is 2.37. The van der Waals surface area contributed by atoms with E-state index in [2.05, 4.69) is 26.2 Å². The van der Waals surface area contributed by atoms with Gasteiger partial charge in [-0.2, -0.15) is 5.10 Å². The lowest BCUT2D eigenvalue weighted by Gasteiger charge is -2.18. The predicted molar refractivity (Wildman–Crippen MR) is 89.6 cm³/mol. The van der Waals surface area contributed by atoms with Crippen molar-refractivity contribution < 1.29 is 4.74 Å². The molecule has 0 amide bonds. The molecule has 23 heavy (non-hydrogen) atoms. The first kappa shape index (κ1) is 16.0. The summed E-state index contributed by atoms with van der Waals surface area (Å²) in [4.78, 5) is 10.4. The lowest BCUT2D eigenvalue weighted by Crippen LogP contribution is -2.23. The summed E-state index contributed by atoms with van der Waals surface area (Å²) in [6.07, 6.45) is 5.43. The maximum atomic E-state index is 6.28. The first-order valence-electron chi connectivity index (χ1n) is 7.67. The summed E-state index contributed by atoms with van der Waals surface area (Å²) in [5, 5.41) is 4.70. The van der Waals surface area contributed by atoms with Crippen molar-refractivity contribution in [3.63, 3.8) is 0 Å². The molecule has 2 N–H and O–H groups in total. The molecular formula is C15H21ClN6O. The minimum absolute atomic E-state index is 0.308. The normalized spacial score (nSPS) is 21.1. The van der Waals surface area contributed by atoms with E-state index in [9.17, 15) is 0 Å². The van der Waals surface area contributed by atoms with Gasteiger partial charge in [-0.3, -0.25) is 4.68 Å². The first-order valence-corrected chi connectivity index (χ1v) is 8.05. The smallest absolute Gasteiger partial charge is 0.153 e. The highest BCUT2D eigenvalue weighted by Gasteiger charge is 2.36. The average Bonchev–Trinajstić information content (AvgIpc) is 3.14. The Morgan fingerprint density at radius 1 is 1.39 bits per heavy atom. The van der Waals surface area contributed by atoms with Crippen LogP contribution in [-0.2, 0) is 11.8 Å². The number of ether oxygens (including phenoxy) is 1. The largest absolute Gasteiger partial charge is 0.382 e.